The second-order valence-corrected chi connectivity index (χ2v) is 3.29. The Kier molecular flexibility index (Phi) is 2.99. The zero-order valence-corrected chi connectivity index (χ0v) is 8.51. The first-order chi connectivity index (χ1) is 6.45. The van der Waals surface area contributed by atoms with E-state index in [2.05, 4.69) is 4.98 Å². The Morgan fingerprint density at radius 2 is 2.14 bits per heavy atom. The summed E-state index contributed by atoms with van der Waals surface area (Å²) < 4.78 is 25.9. The summed E-state index contributed by atoms with van der Waals surface area (Å²) in [6.07, 6.45) is 3.26. The van der Waals surface area contributed by atoms with Gasteiger partial charge in [0.05, 0.1) is 5.69 Å². The van der Waals surface area contributed by atoms with Gasteiger partial charge in [-0.15, -0.1) is 0 Å². The molecule has 0 aromatic carbocycles. The lowest BCUT2D eigenvalue weighted by molar-refractivity contribution is 0.0173. The number of pyridine rings is 1. The summed E-state index contributed by atoms with van der Waals surface area (Å²) in [6, 6.07) is 2.77. The van der Waals surface area contributed by atoms with Gasteiger partial charge in [0.2, 0.25) is 0 Å². The van der Waals surface area contributed by atoms with Gasteiger partial charge in [-0.1, -0.05) is 6.08 Å². The monoisotopic (exact) mass is 197 g/mol. The van der Waals surface area contributed by atoms with Gasteiger partial charge in [-0.3, -0.25) is 4.98 Å². The maximum Gasteiger partial charge on any atom is 0.270 e. The number of hydrogen-bond acceptors (Lipinski definition) is 1. The molecule has 1 heterocycles. The molecule has 0 radical (unpaired) electrons. The molecule has 0 fully saturated rings. The van der Waals surface area contributed by atoms with Gasteiger partial charge < -0.3 is 0 Å². The number of rotatable bonds is 2. The van der Waals surface area contributed by atoms with Gasteiger partial charge in [-0.2, -0.15) is 0 Å². The quantitative estimate of drug-likeness (QED) is 0.705. The van der Waals surface area contributed by atoms with E-state index in [1.807, 2.05) is 19.9 Å². The van der Waals surface area contributed by atoms with Gasteiger partial charge in [0.15, 0.2) is 0 Å². The average Bonchev–Trinajstić information content (AvgIpc) is 2.15. The number of nitrogens with zero attached hydrogens (tertiary/aromatic N) is 1. The van der Waals surface area contributed by atoms with Crippen molar-refractivity contribution in [1.29, 1.82) is 0 Å². The molecule has 0 aliphatic rings. The molecule has 1 aromatic rings. The minimum atomic E-state index is -2.80. The third kappa shape index (κ3) is 2.37. The van der Waals surface area contributed by atoms with Crippen LogP contribution in [0.15, 0.2) is 24.4 Å². The molecule has 0 atom stereocenters. The molecule has 76 valence electrons. The first-order valence-corrected chi connectivity index (χ1v) is 4.43. The summed E-state index contributed by atoms with van der Waals surface area (Å²) in [5.74, 6) is -2.80. The van der Waals surface area contributed by atoms with Crippen LogP contribution in [0.25, 0.3) is 5.57 Å². The highest BCUT2D eigenvalue weighted by atomic mass is 19.3. The van der Waals surface area contributed by atoms with Crippen molar-refractivity contribution in [1.82, 2.24) is 4.98 Å². The SMILES string of the molecule is C/C=C(\C)c1cc(C(C)(F)F)ccn1. The van der Waals surface area contributed by atoms with Crippen LogP contribution in [-0.2, 0) is 5.92 Å². The summed E-state index contributed by atoms with van der Waals surface area (Å²) in [5.41, 5.74) is 1.51. The van der Waals surface area contributed by atoms with E-state index in [0.29, 0.717) is 5.69 Å². The van der Waals surface area contributed by atoms with Crippen LogP contribution in [0, 0.1) is 0 Å². The number of aromatic nitrogens is 1. The molecule has 1 aromatic heterocycles. The zero-order chi connectivity index (χ0) is 10.8. The van der Waals surface area contributed by atoms with Crippen molar-refractivity contribution in [3.63, 3.8) is 0 Å². The number of alkyl halides is 2. The van der Waals surface area contributed by atoms with Crippen LogP contribution in [0.2, 0.25) is 0 Å². The van der Waals surface area contributed by atoms with E-state index in [1.54, 1.807) is 0 Å². The molecular formula is C11H13F2N. The van der Waals surface area contributed by atoms with Gasteiger partial charge in [0.25, 0.3) is 5.92 Å². The van der Waals surface area contributed by atoms with Crippen LogP contribution in [-0.4, -0.2) is 4.98 Å². The lowest BCUT2D eigenvalue weighted by Gasteiger charge is -2.11. The van der Waals surface area contributed by atoms with Crippen LogP contribution in [0.5, 0.6) is 0 Å². The molecular weight excluding hydrogens is 184 g/mol. The first-order valence-electron chi connectivity index (χ1n) is 4.43. The van der Waals surface area contributed by atoms with E-state index in [4.69, 9.17) is 0 Å². The molecule has 0 spiro atoms. The second kappa shape index (κ2) is 3.86. The normalized spacial score (nSPS) is 13.1. The van der Waals surface area contributed by atoms with Crippen LogP contribution in [0.4, 0.5) is 8.78 Å². The smallest absolute Gasteiger partial charge is 0.257 e. The van der Waals surface area contributed by atoms with Crippen LogP contribution < -0.4 is 0 Å². The standard InChI is InChI=1S/C11H13F2N/c1-4-8(2)10-7-9(5-6-14-10)11(3,12)13/h4-7H,1-3H3/b8-4+. The van der Waals surface area contributed by atoms with Crippen molar-refractivity contribution in [2.75, 3.05) is 0 Å². The van der Waals surface area contributed by atoms with Crippen molar-refractivity contribution in [2.45, 2.75) is 26.7 Å². The van der Waals surface area contributed by atoms with Crippen molar-refractivity contribution >= 4 is 5.57 Å². The Balaban J connectivity index is 3.14. The number of halogens is 2. The molecule has 14 heavy (non-hydrogen) atoms. The van der Waals surface area contributed by atoms with E-state index >= 15 is 0 Å². The average molecular weight is 197 g/mol. The lowest BCUT2D eigenvalue weighted by Crippen LogP contribution is -2.07. The fraction of sp³-hybridized carbons (Fsp3) is 0.364. The topological polar surface area (TPSA) is 12.9 Å². The maximum absolute atomic E-state index is 13.0. The Hall–Kier alpha value is -1.25. The summed E-state index contributed by atoms with van der Waals surface area (Å²) in [4.78, 5) is 4.02. The van der Waals surface area contributed by atoms with Gasteiger partial charge >= 0.3 is 0 Å². The van der Waals surface area contributed by atoms with Crippen LogP contribution in [0.3, 0.4) is 0 Å². The summed E-state index contributed by atoms with van der Waals surface area (Å²) >= 11 is 0. The van der Waals surface area contributed by atoms with Crippen molar-refractivity contribution in [3.8, 4) is 0 Å². The van der Waals surface area contributed by atoms with Gasteiger partial charge in [-0.25, -0.2) is 8.78 Å². The van der Waals surface area contributed by atoms with Crippen LogP contribution in [0.1, 0.15) is 32.0 Å². The molecule has 0 N–H and O–H groups in total. The summed E-state index contributed by atoms with van der Waals surface area (Å²) in [7, 11) is 0. The minimum Gasteiger partial charge on any atom is -0.257 e. The highest BCUT2D eigenvalue weighted by Gasteiger charge is 2.24. The fourth-order valence-corrected chi connectivity index (χ4v) is 1.07. The molecule has 1 rings (SSSR count). The van der Waals surface area contributed by atoms with Gasteiger partial charge in [-0.05, 0) is 31.6 Å². The van der Waals surface area contributed by atoms with E-state index in [-0.39, 0.29) is 5.56 Å². The Morgan fingerprint density at radius 1 is 1.50 bits per heavy atom. The van der Waals surface area contributed by atoms with E-state index in [0.717, 1.165) is 12.5 Å². The van der Waals surface area contributed by atoms with E-state index in [1.165, 1.54) is 18.3 Å². The Morgan fingerprint density at radius 3 is 2.64 bits per heavy atom. The van der Waals surface area contributed by atoms with E-state index < -0.39 is 5.92 Å². The highest BCUT2D eigenvalue weighted by molar-refractivity contribution is 5.60. The third-order valence-corrected chi connectivity index (χ3v) is 2.10. The van der Waals surface area contributed by atoms with E-state index in [9.17, 15) is 8.78 Å². The highest BCUT2D eigenvalue weighted by Crippen LogP contribution is 2.27. The molecule has 0 unspecified atom stereocenters. The predicted molar refractivity (Wildman–Crippen MR) is 53.1 cm³/mol. The molecule has 0 aliphatic heterocycles. The maximum atomic E-state index is 13.0. The predicted octanol–water partition coefficient (Wildman–Crippen LogP) is 3.62. The molecule has 0 amide bonds. The van der Waals surface area contributed by atoms with Gasteiger partial charge in [0, 0.05) is 18.7 Å². The molecule has 0 bridgehead atoms. The molecule has 0 aliphatic carbocycles. The van der Waals surface area contributed by atoms with Crippen LogP contribution >= 0.6 is 0 Å². The van der Waals surface area contributed by atoms with Crippen molar-refractivity contribution < 1.29 is 8.78 Å². The Bertz CT molecular complexity index is 351. The van der Waals surface area contributed by atoms with Crippen molar-refractivity contribution in [2.24, 2.45) is 0 Å². The molecule has 0 saturated heterocycles. The number of allylic oxidation sites excluding steroid dienone is 2. The molecule has 3 heteroatoms. The van der Waals surface area contributed by atoms with Gasteiger partial charge in [0.1, 0.15) is 0 Å². The third-order valence-electron chi connectivity index (χ3n) is 2.10. The van der Waals surface area contributed by atoms with Crippen molar-refractivity contribution in [3.05, 3.63) is 35.7 Å². The lowest BCUT2D eigenvalue weighted by atomic mass is 10.1. The summed E-state index contributed by atoms with van der Waals surface area (Å²) in [5, 5.41) is 0. The first kappa shape index (κ1) is 10.8. The fourth-order valence-electron chi connectivity index (χ4n) is 1.07. The number of hydrogen-bond donors (Lipinski definition) is 0. The largest absolute Gasteiger partial charge is 0.270 e. The second-order valence-electron chi connectivity index (χ2n) is 3.29. The molecule has 1 nitrogen and oxygen atoms in total. The molecule has 0 saturated carbocycles. The minimum absolute atomic E-state index is 0.00343. The summed E-state index contributed by atoms with van der Waals surface area (Å²) in [6.45, 7) is 4.59. The zero-order valence-electron chi connectivity index (χ0n) is 8.51. The Labute approximate surface area is 82.5 Å².